The maximum atomic E-state index is 11.9. The molecule has 1 aliphatic heterocycles. The highest BCUT2D eigenvalue weighted by atomic mass is 16.3. The first-order valence-corrected chi connectivity index (χ1v) is 8.00. The molecule has 1 heterocycles. The zero-order chi connectivity index (χ0) is 15.8. The van der Waals surface area contributed by atoms with E-state index in [1.165, 1.54) is 6.42 Å². The van der Waals surface area contributed by atoms with Gasteiger partial charge in [-0.2, -0.15) is 0 Å². The number of nitrogens with two attached hydrogens (primary N) is 1. The van der Waals surface area contributed by atoms with Crippen LogP contribution >= 0.6 is 0 Å². The van der Waals surface area contributed by atoms with E-state index < -0.39 is 18.1 Å². The molecular weight excluding hydrogens is 270 g/mol. The van der Waals surface area contributed by atoms with Crippen LogP contribution in [0, 0.1) is 5.92 Å². The van der Waals surface area contributed by atoms with Crippen molar-refractivity contribution in [3.63, 3.8) is 0 Å². The molecule has 1 saturated heterocycles. The Morgan fingerprint density at radius 2 is 1.95 bits per heavy atom. The molecule has 1 saturated carbocycles. The fraction of sp³-hybridized carbons (Fsp3) is 0.867. The van der Waals surface area contributed by atoms with Crippen LogP contribution in [0.4, 0.5) is 0 Å². The van der Waals surface area contributed by atoms with Crippen LogP contribution in [-0.2, 0) is 9.59 Å². The van der Waals surface area contributed by atoms with E-state index in [1.807, 2.05) is 0 Å². The minimum Gasteiger partial charge on any atom is -0.381 e. The molecule has 3 unspecified atom stereocenters. The first-order chi connectivity index (χ1) is 9.99. The van der Waals surface area contributed by atoms with Gasteiger partial charge in [-0.1, -0.05) is 33.1 Å². The first kappa shape index (κ1) is 17.9. The highest BCUT2D eigenvalue weighted by molar-refractivity contribution is 5.84. The van der Waals surface area contributed by atoms with Crippen LogP contribution in [0.25, 0.3) is 0 Å². The Balaban J connectivity index is 0.000000677. The fourth-order valence-corrected chi connectivity index (χ4v) is 2.37. The van der Waals surface area contributed by atoms with Crippen LogP contribution in [0.1, 0.15) is 52.4 Å². The van der Waals surface area contributed by atoms with Gasteiger partial charge in [0.15, 0.2) is 6.10 Å². The monoisotopic (exact) mass is 299 g/mol. The average molecular weight is 299 g/mol. The lowest BCUT2D eigenvalue weighted by Crippen LogP contribution is -2.53. The molecule has 2 rings (SSSR count). The average Bonchev–Trinajstić information content (AvgIpc) is 3.07. The van der Waals surface area contributed by atoms with Crippen molar-refractivity contribution in [2.45, 2.75) is 70.6 Å². The molecule has 21 heavy (non-hydrogen) atoms. The molecule has 5 N–H and O–H groups in total. The minimum atomic E-state index is -1.30. The van der Waals surface area contributed by atoms with Crippen molar-refractivity contribution in [2.75, 3.05) is 6.54 Å². The fourth-order valence-electron chi connectivity index (χ4n) is 2.37. The van der Waals surface area contributed by atoms with E-state index in [-0.39, 0.29) is 11.9 Å². The topological polar surface area (TPSA) is 104 Å². The number of hydrogen-bond acceptors (Lipinski definition) is 4. The summed E-state index contributed by atoms with van der Waals surface area (Å²) in [6.07, 6.45) is 4.55. The molecule has 3 atom stereocenters. The van der Waals surface area contributed by atoms with Crippen molar-refractivity contribution in [3.8, 4) is 0 Å². The number of primary amides is 1. The molecule has 0 radical (unpaired) electrons. The molecule has 0 spiro atoms. The van der Waals surface area contributed by atoms with Crippen LogP contribution in [-0.4, -0.2) is 41.7 Å². The number of carbonyl (C=O) groups is 2. The molecule has 2 amide bonds. The van der Waals surface area contributed by atoms with Crippen molar-refractivity contribution >= 4 is 11.8 Å². The summed E-state index contributed by atoms with van der Waals surface area (Å²) in [4.78, 5) is 23.0. The molecule has 6 nitrogen and oxygen atoms in total. The summed E-state index contributed by atoms with van der Waals surface area (Å²) in [5.41, 5.74) is 5.11. The summed E-state index contributed by atoms with van der Waals surface area (Å²) in [5, 5.41) is 15.6. The number of aliphatic hydroxyl groups excluding tert-OH is 1. The van der Waals surface area contributed by atoms with Gasteiger partial charge in [-0.25, -0.2) is 0 Å². The van der Waals surface area contributed by atoms with E-state index in [4.69, 9.17) is 5.73 Å². The third kappa shape index (κ3) is 6.44. The van der Waals surface area contributed by atoms with Crippen LogP contribution in [0.3, 0.4) is 0 Å². The molecule has 2 aliphatic rings. The maximum Gasteiger partial charge on any atom is 0.248 e. The molecule has 0 aromatic carbocycles. The number of carbonyl (C=O) groups excluding carboxylic acids is 2. The molecule has 1 aliphatic carbocycles. The highest BCUT2D eigenvalue weighted by Gasteiger charge is 2.34. The molecule has 0 aromatic rings. The van der Waals surface area contributed by atoms with Crippen molar-refractivity contribution in [2.24, 2.45) is 11.7 Å². The van der Waals surface area contributed by atoms with E-state index >= 15 is 0 Å². The Morgan fingerprint density at radius 3 is 2.38 bits per heavy atom. The SMILES string of the molecule is CCC.NC(=O)C(O)C(CC1CC1)NC(=O)C1CCCN1. The second-order valence-corrected chi connectivity index (χ2v) is 6.00. The lowest BCUT2D eigenvalue weighted by molar-refractivity contribution is -0.130. The zero-order valence-electron chi connectivity index (χ0n) is 13.1. The van der Waals surface area contributed by atoms with Crippen LogP contribution in [0.2, 0.25) is 0 Å². The van der Waals surface area contributed by atoms with Crippen LogP contribution < -0.4 is 16.4 Å². The first-order valence-electron chi connectivity index (χ1n) is 8.00. The lowest BCUT2D eigenvalue weighted by Gasteiger charge is -2.23. The number of nitrogens with one attached hydrogen (secondary N) is 2. The van der Waals surface area contributed by atoms with Gasteiger partial charge >= 0.3 is 0 Å². The quantitative estimate of drug-likeness (QED) is 0.565. The van der Waals surface area contributed by atoms with Gasteiger partial charge in [-0.15, -0.1) is 0 Å². The third-order valence-electron chi connectivity index (χ3n) is 3.66. The van der Waals surface area contributed by atoms with E-state index in [0.29, 0.717) is 12.3 Å². The van der Waals surface area contributed by atoms with Gasteiger partial charge in [-0.05, 0) is 31.7 Å². The van der Waals surface area contributed by atoms with E-state index in [1.54, 1.807) is 0 Å². The Labute approximate surface area is 126 Å². The van der Waals surface area contributed by atoms with Gasteiger partial charge in [0.1, 0.15) is 0 Å². The molecular formula is C15H29N3O3. The normalized spacial score (nSPS) is 23.7. The van der Waals surface area contributed by atoms with Crippen molar-refractivity contribution in [3.05, 3.63) is 0 Å². The van der Waals surface area contributed by atoms with Crippen LogP contribution in [0.5, 0.6) is 0 Å². The molecule has 122 valence electrons. The van der Waals surface area contributed by atoms with Crippen molar-refractivity contribution < 1.29 is 14.7 Å². The lowest BCUT2D eigenvalue weighted by atomic mass is 10.0. The number of rotatable bonds is 6. The Kier molecular flexibility index (Phi) is 7.67. The van der Waals surface area contributed by atoms with Gasteiger partial charge in [0.2, 0.25) is 11.8 Å². The number of aliphatic hydroxyl groups is 1. The van der Waals surface area contributed by atoms with Gasteiger partial charge in [0.05, 0.1) is 12.1 Å². The molecule has 0 bridgehead atoms. The summed E-state index contributed by atoms with van der Waals surface area (Å²) in [5.74, 6) is -0.417. The Morgan fingerprint density at radius 1 is 1.33 bits per heavy atom. The summed E-state index contributed by atoms with van der Waals surface area (Å²) in [6, 6.07) is -0.753. The standard InChI is InChI=1S/C12H21N3O3.C3H8/c13-11(17)10(16)9(6-7-3-4-7)15-12(18)8-2-1-5-14-8;1-3-2/h7-10,14,16H,1-6H2,(H2,13,17)(H,15,18);3H2,1-2H3. The number of hydrogen-bond donors (Lipinski definition) is 4. The van der Waals surface area contributed by atoms with E-state index in [0.717, 1.165) is 32.2 Å². The maximum absolute atomic E-state index is 11.9. The van der Waals surface area contributed by atoms with Crippen molar-refractivity contribution in [1.82, 2.24) is 10.6 Å². The summed E-state index contributed by atoms with van der Waals surface area (Å²) in [6.45, 7) is 5.09. The van der Waals surface area contributed by atoms with Gasteiger partial charge < -0.3 is 21.5 Å². The van der Waals surface area contributed by atoms with E-state index in [9.17, 15) is 14.7 Å². The Hall–Kier alpha value is -1.14. The predicted molar refractivity (Wildman–Crippen MR) is 81.5 cm³/mol. The summed E-state index contributed by atoms with van der Waals surface area (Å²) in [7, 11) is 0. The largest absolute Gasteiger partial charge is 0.381 e. The van der Waals surface area contributed by atoms with E-state index in [2.05, 4.69) is 24.5 Å². The zero-order valence-corrected chi connectivity index (χ0v) is 13.1. The summed E-state index contributed by atoms with van der Waals surface area (Å²) >= 11 is 0. The van der Waals surface area contributed by atoms with Crippen LogP contribution in [0.15, 0.2) is 0 Å². The molecule has 2 fully saturated rings. The minimum absolute atomic E-state index is 0.140. The van der Waals surface area contributed by atoms with Gasteiger partial charge in [0.25, 0.3) is 0 Å². The highest BCUT2D eigenvalue weighted by Crippen LogP contribution is 2.34. The Bertz CT molecular complexity index is 339. The second-order valence-electron chi connectivity index (χ2n) is 6.00. The third-order valence-corrected chi connectivity index (χ3v) is 3.66. The smallest absolute Gasteiger partial charge is 0.248 e. The molecule has 0 aromatic heterocycles. The number of amides is 2. The van der Waals surface area contributed by atoms with Gasteiger partial charge in [-0.3, -0.25) is 9.59 Å². The second kappa shape index (κ2) is 9.00. The predicted octanol–water partition coefficient (Wildman–Crippen LogP) is 0.286. The summed E-state index contributed by atoms with van der Waals surface area (Å²) < 4.78 is 0. The van der Waals surface area contributed by atoms with Gasteiger partial charge in [0, 0.05) is 0 Å². The molecule has 6 heteroatoms. The van der Waals surface area contributed by atoms with Crippen molar-refractivity contribution in [1.29, 1.82) is 0 Å².